The molecule has 338 valence electrons. The van der Waals surface area contributed by atoms with Gasteiger partial charge in [-0.05, 0) is 139 Å². The van der Waals surface area contributed by atoms with E-state index in [1.807, 2.05) is 0 Å². The second kappa shape index (κ2) is 20.8. The van der Waals surface area contributed by atoms with Crippen molar-refractivity contribution >= 4 is 18.1 Å². The maximum absolute atomic E-state index is 13.8. The zero-order valence-corrected chi connectivity index (χ0v) is 40.6. The van der Waals surface area contributed by atoms with Crippen LogP contribution < -0.4 is 18.1 Å². The molecule has 4 nitrogen and oxygen atoms in total. The number of rotatable bonds is 17. The van der Waals surface area contributed by atoms with Crippen LogP contribution in [0.1, 0.15) is 155 Å². The maximum atomic E-state index is 13.8. The van der Waals surface area contributed by atoms with Crippen molar-refractivity contribution < 1.29 is 44.4 Å². The predicted octanol–water partition coefficient (Wildman–Crippen LogP) is 17.1. The van der Waals surface area contributed by atoms with Gasteiger partial charge in [0.15, 0.2) is 0 Å². The zero-order valence-electron chi connectivity index (χ0n) is 38.6. The van der Waals surface area contributed by atoms with E-state index in [4.69, 9.17) is 18.1 Å². The summed E-state index contributed by atoms with van der Waals surface area (Å²) in [6.07, 6.45) is -3.18. The normalized spacial score (nSPS) is 13.0. The molecule has 4 aromatic carbocycles. The molecule has 0 spiro atoms. The first-order chi connectivity index (χ1) is 28.2. The van der Waals surface area contributed by atoms with Gasteiger partial charge in [0.2, 0.25) is 6.43 Å². The monoisotopic (exact) mass is 894 g/mol. The molecule has 12 heteroatoms. The Morgan fingerprint density at radius 3 is 1.10 bits per heavy atom. The summed E-state index contributed by atoms with van der Waals surface area (Å²) in [4.78, 5) is 0. The largest absolute Gasteiger partial charge is 0.441 e. The summed E-state index contributed by atoms with van der Waals surface area (Å²) in [7, 11) is -1.00. The smallest absolute Gasteiger partial charge is 0.416 e. The van der Waals surface area contributed by atoms with Crippen LogP contribution in [-0.2, 0) is 27.8 Å². The molecule has 4 rings (SSSR count). The van der Waals surface area contributed by atoms with Crippen LogP contribution >= 0.6 is 18.1 Å². The molecule has 61 heavy (non-hydrogen) atoms. The summed E-state index contributed by atoms with van der Waals surface area (Å²) in [6.45, 7) is 31.8. The topological polar surface area (TPSA) is 36.9 Å². The Balaban J connectivity index is 0.00000237. The highest BCUT2D eigenvalue weighted by atomic mass is 31.1. The number of alkyl halides is 5. The summed E-state index contributed by atoms with van der Waals surface area (Å²) >= 11 is 0. The van der Waals surface area contributed by atoms with Crippen molar-refractivity contribution in [2.45, 2.75) is 164 Å². The van der Waals surface area contributed by atoms with Crippen LogP contribution in [0.25, 0.3) is 11.1 Å². The number of hydrogen-bond donors (Lipinski definition) is 0. The van der Waals surface area contributed by atoms with Crippen molar-refractivity contribution in [1.29, 1.82) is 0 Å². The van der Waals surface area contributed by atoms with Crippen molar-refractivity contribution in [3.8, 4) is 34.1 Å². The molecule has 0 radical (unpaired) electrons. The zero-order chi connectivity index (χ0) is 46.3. The Morgan fingerprint density at radius 1 is 0.508 bits per heavy atom. The van der Waals surface area contributed by atoms with Gasteiger partial charge in [-0.15, -0.1) is 0 Å². The minimum absolute atomic E-state index is 0.197. The lowest BCUT2D eigenvalue weighted by Crippen LogP contribution is -2.25. The van der Waals surface area contributed by atoms with E-state index in [0.29, 0.717) is 17.2 Å². The van der Waals surface area contributed by atoms with Crippen LogP contribution in [0.2, 0.25) is 0 Å². The Labute approximate surface area is 364 Å². The van der Waals surface area contributed by atoms with Gasteiger partial charge in [-0.1, -0.05) is 95.2 Å². The Bertz CT molecular complexity index is 2060. The van der Waals surface area contributed by atoms with Crippen LogP contribution in [0.15, 0.2) is 60.7 Å². The lowest BCUT2D eigenvalue weighted by molar-refractivity contribution is -0.137. The van der Waals surface area contributed by atoms with Gasteiger partial charge in [-0.3, -0.25) is 0 Å². The molecule has 0 fully saturated rings. The van der Waals surface area contributed by atoms with Crippen LogP contribution in [0.5, 0.6) is 23.0 Å². The molecule has 0 aliphatic heterocycles. The fraction of sp³-hybridized carbons (Fsp3) is 0.510. The maximum Gasteiger partial charge on any atom is 0.416 e. The molecule has 2 unspecified atom stereocenters. The molecule has 0 amide bonds. The van der Waals surface area contributed by atoms with Crippen LogP contribution in [0, 0.1) is 19.7 Å². The number of benzene rings is 4. The fourth-order valence-electron chi connectivity index (χ4n) is 6.94. The highest BCUT2D eigenvalue weighted by molar-refractivity contribution is 7.27. The second-order valence-corrected chi connectivity index (χ2v) is 19.3. The predicted molar refractivity (Wildman–Crippen MR) is 243 cm³/mol. The quantitative estimate of drug-likeness (QED) is 0.0782. The summed E-state index contributed by atoms with van der Waals surface area (Å²) in [6, 6.07) is 15.2. The third-order valence-electron chi connectivity index (χ3n) is 12.4. The molecular formula is C49H66F6O4P2. The summed E-state index contributed by atoms with van der Waals surface area (Å²) in [5.74, 6) is 1.77. The molecule has 0 aliphatic carbocycles. The second-order valence-electron chi connectivity index (χ2n) is 18.1. The fourth-order valence-corrected chi connectivity index (χ4v) is 8.08. The minimum atomic E-state index is -4.45. The molecule has 0 heterocycles. The third kappa shape index (κ3) is 12.8. The number of hydrogen-bond acceptors (Lipinski definition) is 4. The van der Waals surface area contributed by atoms with Gasteiger partial charge in [-0.2, -0.15) is 13.2 Å². The molecule has 0 aromatic heterocycles. The molecule has 0 bridgehead atoms. The van der Waals surface area contributed by atoms with Crippen molar-refractivity contribution in [3.63, 3.8) is 0 Å². The van der Waals surface area contributed by atoms with E-state index in [1.54, 1.807) is 12.1 Å². The first kappa shape index (κ1) is 51.9. The van der Waals surface area contributed by atoms with Crippen molar-refractivity contribution in [2.75, 3.05) is 0 Å². The summed E-state index contributed by atoms with van der Waals surface area (Å²) in [5, 5.41) is 0. The first-order valence-electron chi connectivity index (χ1n) is 20.9. The van der Waals surface area contributed by atoms with E-state index in [2.05, 4.69) is 109 Å². The van der Waals surface area contributed by atoms with Crippen molar-refractivity contribution in [3.05, 3.63) is 105 Å². The van der Waals surface area contributed by atoms with Gasteiger partial charge in [0.25, 0.3) is 18.1 Å². The van der Waals surface area contributed by atoms with Crippen molar-refractivity contribution in [1.82, 2.24) is 0 Å². The van der Waals surface area contributed by atoms with Gasteiger partial charge < -0.3 is 18.1 Å². The van der Waals surface area contributed by atoms with E-state index in [0.717, 1.165) is 78.1 Å². The van der Waals surface area contributed by atoms with Gasteiger partial charge in [-0.25, -0.2) is 13.2 Å². The van der Waals surface area contributed by atoms with Gasteiger partial charge >= 0.3 is 6.18 Å². The first-order valence-corrected chi connectivity index (χ1v) is 22.6. The highest BCUT2D eigenvalue weighted by Gasteiger charge is 2.38. The SMILES string of the molecule is CC(F)F.CCC(C)(C)c1cc(C(C)(C)CC)c(OPOc2ccc(F)cc2)c(-c2c(C)c(C(C)(C)CC)cc(C(C)(C)CC)c2OPOc2ccc(C(F)(F)F)cc2)c1C. The lowest BCUT2D eigenvalue weighted by Gasteiger charge is -2.37. The lowest BCUT2D eigenvalue weighted by atomic mass is 9.69. The van der Waals surface area contributed by atoms with E-state index < -0.39 is 36.2 Å². The minimum Gasteiger partial charge on any atom is -0.441 e. The Morgan fingerprint density at radius 2 is 0.803 bits per heavy atom. The molecule has 0 saturated heterocycles. The van der Waals surface area contributed by atoms with E-state index in [1.165, 1.54) is 35.4 Å². The van der Waals surface area contributed by atoms with Gasteiger partial charge in [0.1, 0.15) is 28.8 Å². The Hall–Kier alpha value is -3.48. The molecular weight excluding hydrogens is 828 g/mol. The average Bonchev–Trinajstić information content (AvgIpc) is 3.18. The molecule has 0 aliphatic rings. The van der Waals surface area contributed by atoms with E-state index in [9.17, 15) is 26.3 Å². The molecule has 4 aromatic rings. The summed E-state index contributed by atoms with van der Waals surface area (Å²) in [5.41, 5.74) is 6.57. The standard InChI is InChI=1S/C47H62F4O4P2.C2H4F2/c1-15-43(7,8)35-27-37(45(11,12)17-3)41(54-56-52-33-23-19-31(20-24-33)47(49,50)51)39(29(35)5)40-30(6)36(44(9,10)16-2)28-38(46(13,14)18-4)42(40)55-57-53-34-25-21-32(48)22-26-34;1-2(3)4/h19-28,56-57H,15-18H2,1-14H3;2H,1H3. The Kier molecular flexibility index (Phi) is 17.7. The van der Waals surface area contributed by atoms with Gasteiger partial charge in [0, 0.05) is 22.3 Å². The number of halogens is 6. The molecule has 2 atom stereocenters. The average molecular weight is 895 g/mol. The van der Waals surface area contributed by atoms with Gasteiger partial charge in [0.05, 0.1) is 5.56 Å². The van der Waals surface area contributed by atoms with E-state index >= 15 is 0 Å². The third-order valence-corrected chi connectivity index (χ3v) is 13.6. The van der Waals surface area contributed by atoms with Crippen molar-refractivity contribution in [2.24, 2.45) is 0 Å². The van der Waals surface area contributed by atoms with Crippen LogP contribution in [-0.4, -0.2) is 6.43 Å². The van der Waals surface area contributed by atoms with Crippen LogP contribution in [0.4, 0.5) is 26.3 Å². The molecule has 0 N–H and O–H groups in total. The highest BCUT2D eigenvalue weighted by Crippen LogP contribution is 2.56. The van der Waals surface area contributed by atoms with Crippen LogP contribution in [0.3, 0.4) is 0 Å². The molecule has 0 saturated carbocycles. The van der Waals surface area contributed by atoms with E-state index in [-0.39, 0.29) is 33.2 Å². The summed E-state index contributed by atoms with van der Waals surface area (Å²) < 4.78 is 101.